The number of thiol groups is 1. The van der Waals surface area contributed by atoms with Crippen molar-refractivity contribution in [3.8, 4) is 17.2 Å². The van der Waals surface area contributed by atoms with E-state index < -0.39 is 5.82 Å². The zero-order valence-corrected chi connectivity index (χ0v) is 20.6. The summed E-state index contributed by atoms with van der Waals surface area (Å²) >= 11 is 3.91. The third-order valence-electron chi connectivity index (χ3n) is 5.20. The highest BCUT2D eigenvalue weighted by atomic mass is 32.1. The van der Waals surface area contributed by atoms with E-state index in [-0.39, 0.29) is 28.9 Å². The number of rotatable bonds is 13. The van der Waals surface area contributed by atoms with E-state index in [2.05, 4.69) is 33.6 Å². The van der Waals surface area contributed by atoms with Gasteiger partial charge in [-0.25, -0.2) is 4.39 Å². The third-order valence-corrected chi connectivity index (χ3v) is 5.48. The number of hydrogen-bond acceptors (Lipinski definition) is 7. The van der Waals surface area contributed by atoms with E-state index >= 15 is 0 Å². The van der Waals surface area contributed by atoms with E-state index in [4.69, 9.17) is 9.47 Å². The summed E-state index contributed by atoms with van der Waals surface area (Å²) in [7, 11) is 1.51. The van der Waals surface area contributed by atoms with Crippen molar-refractivity contribution < 1.29 is 28.2 Å². The molecule has 0 saturated carbocycles. The van der Waals surface area contributed by atoms with Gasteiger partial charge in [-0.15, -0.1) is 0 Å². The fraction of sp³-hybridized carbons (Fsp3) is 0.280. The highest BCUT2D eigenvalue weighted by Crippen LogP contribution is 2.34. The number of amides is 3. The molecular formula is C25H27FN4O5S. The molecule has 0 spiro atoms. The lowest BCUT2D eigenvalue weighted by atomic mass is 10.1. The number of carbonyl (C=O) groups excluding carboxylic acids is 3. The predicted octanol–water partition coefficient (Wildman–Crippen LogP) is 3.69. The molecule has 3 rings (SSSR count). The predicted molar refractivity (Wildman–Crippen MR) is 138 cm³/mol. The van der Waals surface area contributed by atoms with Crippen LogP contribution in [0.1, 0.15) is 29.6 Å². The fourth-order valence-corrected chi connectivity index (χ4v) is 3.51. The Hall–Kier alpha value is -3.86. The van der Waals surface area contributed by atoms with Crippen LogP contribution in [0.3, 0.4) is 0 Å². The monoisotopic (exact) mass is 514 g/mol. The highest BCUT2D eigenvalue weighted by Gasteiger charge is 2.17. The van der Waals surface area contributed by atoms with Crippen LogP contribution >= 0.6 is 12.6 Å². The Morgan fingerprint density at radius 2 is 1.92 bits per heavy atom. The lowest BCUT2D eigenvalue weighted by Gasteiger charge is -2.14. The largest absolute Gasteiger partial charge is 0.493 e. The van der Waals surface area contributed by atoms with E-state index in [9.17, 15) is 18.8 Å². The third kappa shape index (κ3) is 7.08. The lowest BCUT2D eigenvalue weighted by Crippen LogP contribution is -2.25. The molecule has 0 aliphatic heterocycles. The van der Waals surface area contributed by atoms with Gasteiger partial charge in [-0.3, -0.25) is 19.4 Å². The van der Waals surface area contributed by atoms with Crippen molar-refractivity contribution >= 4 is 47.4 Å². The maximum Gasteiger partial charge on any atom is 0.254 e. The molecule has 0 saturated heterocycles. The second-order valence-electron chi connectivity index (χ2n) is 7.68. The number of nitrogens with one attached hydrogen (secondary N) is 3. The quantitative estimate of drug-likeness (QED) is 0.157. The molecule has 0 radical (unpaired) electrons. The number of hydrogen-bond donors (Lipinski definition) is 4. The molecule has 0 unspecified atom stereocenters. The molecule has 9 nitrogen and oxygen atoms in total. The Morgan fingerprint density at radius 3 is 2.64 bits per heavy atom. The van der Waals surface area contributed by atoms with Gasteiger partial charge in [0, 0.05) is 43.0 Å². The van der Waals surface area contributed by atoms with E-state index in [1.807, 2.05) is 0 Å². The van der Waals surface area contributed by atoms with Crippen LogP contribution in [0.25, 0.3) is 10.9 Å². The molecule has 0 fully saturated rings. The standard InChI is InChI=1S/C25H27FN4O5S/c1-27-25(33)18-12-17-20(13-23(18)34-10-4-2-3-8-29-24(32)14-36)28-9-7-21(17)35-22-6-5-16(30-15-31)11-19(22)26/h5-7,9,11-13,15,36H,2-4,8,10,14H2,1H3,(H,27,33)(H,29,32)(H,30,31). The number of fused-ring (bicyclic) bond motifs is 1. The summed E-state index contributed by atoms with van der Waals surface area (Å²) in [6, 6.07) is 8.86. The molecule has 0 bridgehead atoms. The summed E-state index contributed by atoms with van der Waals surface area (Å²) in [5, 5.41) is 8.23. The van der Waals surface area contributed by atoms with Crippen molar-refractivity contribution in [3.63, 3.8) is 0 Å². The molecule has 11 heteroatoms. The number of aromatic nitrogens is 1. The average molecular weight is 515 g/mol. The molecule has 0 atom stereocenters. The van der Waals surface area contributed by atoms with Gasteiger partial charge in [0.25, 0.3) is 5.91 Å². The number of anilines is 1. The van der Waals surface area contributed by atoms with Gasteiger partial charge < -0.3 is 25.4 Å². The topological polar surface area (TPSA) is 119 Å². The summed E-state index contributed by atoms with van der Waals surface area (Å²) in [6.07, 6.45) is 4.33. The molecule has 0 aliphatic rings. The maximum absolute atomic E-state index is 14.5. The minimum Gasteiger partial charge on any atom is -0.493 e. The average Bonchev–Trinajstić information content (AvgIpc) is 2.88. The summed E-state index contributed by atoms with van der Waals surface area (Å²) in [6.45, 7) is 0.946. The number of carbonyl (C=O) groups is 3. The number of nitrogens with zero attached hydrogens (tertiary/aromatic N) is 1. The molecule has 3 N–H and O–H groups in total. The molecule has 190 valence electrons. The summed E-state index contributed by atoms with van der Waals surface area (Å²) < 4.78 is 26.2. The molecule has 0 aliphatic carbocycles. The van der Waals surface area contributed by atoms with Crippen LogP contribution in [-0.2, 0) is 9.59 Å². The molecule has 1 heterocycles. The van der Waals surface area contributed by atoms with E-state index in [1.165, 1.54) is 25.4 Å². The Balaban J connectivity index is 1.77. The van der Waals surface area contributed by atoms with Crippen LogP contribution in [0.15, 0.2) is 42.6 Å². The molecule has 2 aromatic carbocycles. The maximum atomic E-state index is 14.5. The first kappa shape index (κ1) is 26.7. The van der Waals surface area contributed by atoms with Crippen LogP contribution in [0.2, 0.25) is 0 Å². The minimum absolute atomic E-state index is 0.0497. The number of unbranched alkanes of at least 4 members (excludes halogenated alkanes) is 2. The van der Waals surface area contributed by atoms with Gasteiger partial charge in [-0.1, -0.05) is 0 Å². The van der Waals surface area contributed by atoms with Crippen molar-refractivity contribution in [2.45, 2.75) is 19.3 Å². The Kier molecular flexibility index (Phi) is 9.87. The number of pyridine rings is 1. The van der Waals surface area contributed by atoms with Crippen molar-refractivity contribution in [2.24, 2.45) is 0 Å². The van der Waals surface area contributed by atoms with E-state index in [1.54, 1.807) is 18.2 Å². The first-order chi connectivity index (χ1) is 17.5. The summed E-state index contributed by atoms with van der Waals surface area (Å²) in [4.78, 5) is 38.7. The zero-order valence-electron chi connectivity index (χ0n) is 19.7. The molecule has 1 aromatic heterocycles. The van der Waals surface area contributed by atoms with Gasteiger partial charge in [-0.2, -0.15) is 12.6 Å². The highest BCUT2D eigenvalue weighted by molar-refractivity contribution is 7.81. The van der Waals surface area contributed by atoms with Crippen molar-refractivity contribution in [1.82, 2.24) is 15.6 Å². The first-order valence-corrected chi connectivity index (χ1v) is 11.9. The molecule has 36 heavy (non-hydrogen) atoms. The van der Waals surface area contributed by atoms with Crippen molar-refractivity contribution in [2.75, 3.05) is 31.3 Å². The first-order valence-electron chi connectivity index (χ1n) is 11.3. The van der Waals surface area contributed by atoms with Crippen molar-refractivity contribution in [1.29, 1.82) is 0 Å². The van der Waals surface area contributed by atoms with Crippen LogP contribution < -0.4 is 25.4 Å². The fourth-order valence-electron chi connectivity index (χ4n) is 3.40. The number of halogens is 1. The van der Waals surface area contributed by atoms with Crippen LogP contribution in [0.4, 0.5) is 10.1 Å². The number of ether oxygens (including phenoxy) is 2. The Labute approximate surface area is 213 Å². The molecule has 3 amide bonds. The summed E-state index contributed by atoms with van der Waals surface area (Å²) in [5.41, 5.74) is 1.08. The summed E-state index contributed by atoms with van der Waals surface area (Å²) in [5.74, 6) is -0.345. The van der Waals surface area contributed by atoms with Gasteiger partial charge in [0.1, 0.15) is 11.5 Å². The normalized spacial score (nSPS) is 10.5. The lowest BCUT2D eigenvalue weighted by molar-refractivity contribution is -0.118. The second-order valence-corrected chi connectivity index (χ2v) is 8.00. The smallest absolute Gasteiger partial charge is 0.254 e. The van der Waals surface area contributed by atoms with Gasteiger partial charge in [0.05, 0.1) is 23.4 Å². The van der Waals surface area contributed by atoms with Gasteiger partial charge >= 0.3 is 0 Å². The molecular weight excluding hydrogens is 487 g/mol. The van der Waals surface area contributed by atoms with Crippen LogP contribution in [-0.4, -0.2) is 49.2 Å². The van der Waals surface area contributed by atoms with E-state index in [0.717, 1.165) is 25.3 Å². The van der Waals surface area contributed by atoms with Crippen molar-refractivity contribution in [3.05, 3.63) is 54.0 Å². The van der Waals surface area contributed by atoms with Gasteiger partial charge in [-0.05, 0) is 43.5 Å². The Bertz CT molecular complexity index is 1240. The Morgan fingerprint density at radius 1 is 1.08 bits per heavy atom. The van der Waals surface area contributed by atoms with Crippen LogP contribution in [0, 0.1) is 5.82 Å². The minimum atomic E-state index is -0.663. The van der Waals surface area contributed by atoms with Gasteiger partial charge in [0.15, 0.2) is 11.6 Å². The second kappa shape index (κ2) is 13.3. The zero-order chi connectivity index (χ0) is 25.9. The van der Waals surface area contributed by atoms with Gasteiger partial charge in [0.2, 0.25) is 12.3 Å². The number of benzene rings is 2. The van der Waals surface area contributed by atoms with Crippen LogP contribution in [0.5, 0.6) is 17.2 Å². The SMILES string of the molecule is CNC(=O)c1cc2c(Oc3ccc(NC=O)cc3F)ccnc2cc1OCCCCCNC(=O)CS. The molecule has 3 aromatic rings. The van der Waals surface area contributed by atoms with E-state index in [0.29, 0.717) is 47.7 Å².